The number of alkyl halides is 3. The van der Waals surface area contributed by atoms with Gasteiger partial charge in [-0.2, -0.15) is 22.7 Å². The Kier molecular flexibility index (Phi) is 7.33. The Labute approximate surface area is 196 Å². The van der Waals surface area contributed by atoms with Gasteiger partial charge in [-0.05, 0) is 35.7 Å². The van der Waals surface area contributed by atoms with Crippen molar-refractivity contribution in [3.63, 3.8) is 0 Å². The SMILES string of the molecule is C.N#Cc1ccc2c(c1)CN(S(=O)(=O)C(F)(F)F)[C@H](Cc1ccccc1)CN2Cc1cnc[nH]1. The van der Waals surface area contributed by atoms with Crippen LogP contribution in [0.3, 0.4) is 0 Å². The van der Waals surface area contributed by atoms with Gasteiger partial charge in [-0.25, -0.2) is 13.4 Å². The van der Waals surface area contributed by atoms with Gasteiger partial charge in [-0.1, -0.05) is 37.8 Å². The van der Waals surface area contributed by atoms with E-state index in [0.717, 1.165) is 11.3 Å². The molecule has 0 saturated carbocycles. The van der Waals surface area contributed by atoms with Gasteiger partial charge in [0.05, 0.1) is 30.2 Å². The van der Waals surface area contributed by atoms with Crippen LogP contribution in [0.1, 0.15) is 29.8 Å². The molecule has 1 aliphatic rings. The van der Waals surface area contributed by atoms with Gasteiger partial charge in [0.1, 0.15) is 0 Å². The molecule has 0 spiro atoms. The quantitative estimate of drug-likeness (QED) is 0.578. The minimum atomic E-state index is -5.64. The monoisotopic (exact) mass is 491 g/mol. The molecule has 3 aromatic rings. The number of imidazole rings is 1. The highest BCUT2D eigenvalue weighted by molar-refractivity contribution is 7.90. The van der Waals surface area contributed by atoms with Gasteiger partial charge in [0.2, 0.25) is 0 Å². The third-order valence-electron chi connectivity index (χ3n) is 5.55. The van der Waals surface area contributed by atoms with Crippen LogP contribution in [-0.4, -0.2) is 40.8 Å². The van der Waals surface area contributed by atoms with E-state index in [2.05, 4.69) is 9.97 Å². The fourth-order valence-corrected chi connectivity index (χ4v) is 5.13. The van der Waals surface area contributed by atoms with Crippen LogP contribution in [0.15, 0.2) is 61.1 Å². The molecule has 34 heavy (non-hydrogen) atoms. The number of aromatic amines is 1. The molecule has 0 radical (unpaired) electrons. The van der Waals surface area contributed by atoms with Crippen molar-refractivity contribution >= 4 is 15.7 Å². The fraction of sp³-hybridized carbons (Fsp3) is 0.304. The molecule has 0 saturated heterocycles. The van der Waals surface area contributed by atoms with Gasteiger partial charge in [-0.3, -0.25) is 0 Å². The number of fused-ring (bicyclic) bond motifs is 1. The van der Waals surface area contributed by atoms with Crippen molar-refractivity contribution < 1.29 is 21.6 Å². The molecular weight excluding hydrogens is 467 g/mol. The Hall–Kier alpha value is -3.36. The summed E-state index contributed by atoms with van der Waals surface area (Å²) in [6, 6.07) is 14.4. The Balaban J connectivity index is 0.00000324. The van der Waals surface area contributed by atoms with Crippen molar-refractivity contribution in [1.29, 1.82) is 5.26 Å². The summed E-state index contributed by atoms with van der Waals surface area (Å²) in [4.78, 5) is 8.78. The highest BCUT2D eigenvalue weighted by atomic mass is 32.2. The second-order valence-electron chi connectivity index (χ2n) is 7.75. The average molecular weight is 492 g/mol. The zero-order valence-electron chi connectivity index (χ0n) is 17.3. The van der Waals surface area contributed by atoms with Crippen molar-refractivity contribution in [1.82, 2.24) is 14.3 Å². The smallest absolute Gasteiger partial charge is 0.364 e. The molecule has 0 amide bonds. The molecule has 4 rings (SSSR count). The van der Waals surface area contributed by atoms with Crippen LogP contribution in [-0.2, 0) is 29.5 Å². The van der Waals surface area contributed by atoms with Crippen LogP contribution >= 0.6 is 0 Å². The first-order valence-electron chi connectivity index (χ1n) is 10.1. The summed E-state index contributed by atoms with van der Waals surface area (Å²) in [5.74, 6) is 0. The van der Waals surface area contributed by atoms with Crippen LogP contribution < -0.4 is 4.90 Å². The first-order valence-corrected chi connectivity index (χ1v) is 11.5. The predicted octanol–water partition coefficient (Wildman–Crippen LogP) is 4.20. The van der Waals surface area contributed by atoms with E-state index in [4.69, 9.17) is 0 Å². The van der Waals surface area contributed by atoms with E-state index in [1.807, 2.05) is 11.0 Å². The largest absolute Gasteiger partial charge is 0.511 e. The van der Waals surface area contributed by atoms with Gasteiger partial charge in [0, 0.05) is 31.0 Å². The Bertz CT molecular complexity index is 1260. The molecule has 2 heterocycles. The average Bonchev–Trinajstić information content (AvgIpc) is 3.24. The van der Waals surface area contributed by atoms with E-state index in [9.17, 15) is 26.9 Å². The number of benzene rings is 2. The summed E-state index contributed by atoms with van der Waals surface area (Å²) in [5, 5.41) is 9.30. The zero-order chi connectivity index (χ0) is 23.6. The number of rotatable bonds is 5. The lowest BCUT2D eigenvalue weighted by Crippen LogP contribution is -2.49. The van der Waals surface area contributed by atoms with Gasteiger partial charge >= 0.3 is 15.5 Å². The number of anilines is 1. The van der Waals surface area contributed by atoms with E-state index >= 15 is 0 Å². The van der Waals surface area contributed by atoms with Crippen molar-refractivity contribution in [3.8, 4) is 6.07 Å². The number of aromatic nitrogens is 2. The molecule has 1 aromatic heterocycles. The second kappa shape index (κ2) is 9.87. The molecular formula is C23H24F3N5O2S. The first-order chi connectivity index (χ1) is 15.7. The van der Waals surface area contributed by atoms with Crippen LogP contribution in [0.2, 0.25) is 0 Å². The summed E-state index contributed by atoms with van der Waals surface area (Å²) in [7, 11) is -5.64. The van der Waals surface area contributed by atoms with E-state index in [0.29, 0.717) is 15.6 Å². The standard InChI is InChI=1S/C22H20F3N5O2S.CH4/c23-22(24,25)33(31,32)30-12-18-8-17(10-26)6-7-21(18)29(13-19-11-27-15-28-19)14-20(30)9-16-4-2-1-3-5-16;/h1-8,11,15,20H,9,12-14H2,(H,27,28);1H4/t20-;/m1./s1. The summed E-state index contributed by atoms with van der Waals surface area (Å²) in [5.41, 5.74) is -2.88. The fourth-order valence-electron chi connectivity index (χ4n) is 4.02. The molecule has 180 valence electrons. The van der Waals surface area contributed by atoms with E-state index in [1.54, 1.807) is 48.7 Å². The normalized spacial score (nSPS) is 16.8. The first kappa shape index (κ1) is 25.3. The van der Waals surface area contributed by atoms with Gasteiger partial charge in [-0.15, -0.1) is 0 Å². The maximum Gasteiger partial charge on any atom is 0.511 e. The van der Waals surface area contributed by atoms with Crippen LogP contribution in [0.4, 0.5) is 18.9 Å². The number of sulfonamides is 1. The minimum Gasteiger partial charge on any atom is -0.364 e. The van der Waals surface area contributed by atoms with E-state index in [-0.39, 0.29) is 32.5 Å². The Morgan fingerprint density at radius 1 is 1.18 bits per heavy atom. The highest BCUT2D eigenvalue weighted by Crippen LogP contribution is 2.36. The lowest BCUT2D eigenvalue weighted by Gasteiger charge is -2.32. The topological polar surface area (TPSA) is 93.1 Å². The number of hydrogen-bond acceptors (Lipinski definition) is 5. The van der Waals surface area contributed by atoms with Gasteiger partial charge < -0.3 is 9.88 Å². The van der Waals surface area contributed by atoms with Gasteiger partial charge in [0.15, 0.2) is 0 Å². The second-order valence-corrected chi connectivity index (χ2v) is 9.63. The van der Waals surface area contributed by atoms with Gasteiger partial charge in [0.25, 0.3) is 0 Å². The number of halogens is 3. The molecule has 0 unspecified atom stereocenters. The lowest BCUT2D eigenvalue weighted by molar-refractivity contribution is -0.0502. The van der Waals surface area contributed by atoms with Crippen molar-refractivity contribution in [2.75, 3.05) is 11.4 Å². The maximum atomic E-state index is 13.7. The third-order valence-corrected chi connectivity index (χ3v) is 7.17. The van der Waals surface area contributed by atoms with Crippen molar-refractivity contribution in [2.24, 2.45) is 0 Å². The molecule has 0 aliphatic carbocycles. The molecule has 1 aliphatic heterocycles. The van der Waals surface area contributed by atoms with Crippen molar-refractivity contribution in [2.45, 2.75) is 38.5 Å². The highest BCUT2D eigenvalue weighted by Gasteiger charge is 2.52. The Morgan fingerprint density at radius 2 is 1.91 bits per heavy atom. The summed E-state index contributed by atoms with van der Waals surface area (Å²) < 4.78 is 66.9. The number of H-pyrrole nitrogens is 1. The molecule has 1 N–H and O–H groups in total. The molecule has 0 fully saturated rings. The van der Waals surface area contributed by atoms with E-state index < -0.39 is 28.1 Å². The van der Waals surface area contributed by atoms with Crippen LogP contribution in [0.25, 0.3) is 0 Å². The number of nitriles is 1. The molecule has 2 aromatic carbocycles. The third kappa shape index (κ3) is 5.08. The molecule has 1 atom stereocenters. The number of nitrogens with zero attached hydrogens (tertiary/aromatic N) is 4. The summed E-state index contributed by atoms with van der Waals surface area (Å²) >= 11 is 0. The maximum absolute atomic E-state index is 13.7. The molecule has 0 bridgehead atoms. The minimum absolute atomic E-state index is 0. The summed E-state index contributed by atoms with van der Waals surface area (Å²) in [6.07, 6.45) is 3.19. The number of nitrogens with one attached hydrogen (secondary N) is 1. The molecule has 7 nitrogen and oxygen atoms in total. The van der Waals surface area contributed by atoms with Crippen LogP contribution in [0, 0.1) is 11.3 Å². The summed E-state index contributed by atoms with van der Waals surface area (Å²) in [6.45, 7) is -0.199. The lowest BCUT2D eigenvalue weighted by atomic mass is 10.1. The predicted molar refractivity (Wildman–Crippen MR) is 122 cm³/mol. The van der Waals surface area contributed by atoms with Crippen LogP contribution in [0.5, 0.6) is 0 Å². The van der Waals surface area contributed by atoms with E-state index in [1.165, 1.54) is 12.4 Å². The molecule has 11 heteroatoms. The van der Waals surface area contributed by atoms with Crippen molar-refractivity contribution in [3.05, 3.63) is 83.4 Å². The zero-order valence-corrected chi connectivity index (χ0v) is 18.1. The number of hydrogen-bond donors (Lipinski definition) is 1. The Morgan fingerprint density at radius 3 is 2.53 bits per heavy atom.